The molecule has 0 heterocycles. The molecule has 0 radical (unpaired) electrons. The summed E-state index contributed by atoms with van der Waals surface area (Å²) >= 11 is 0. The highest BCUT2D eigenvalue weighted by atomic mass is 16.5. The van der Waals surface area contributed by atoms with Gasteiger partial charge in [0.15, 0.2) is 0 Å². The van der Waals surface area contributed by atoms with Crippen molar-refractivity contribution in [1.29, 1.82) is 0 Å². The van der Waals surface area contributed by atoms with Crippen molar-refractivity contribution in [2.24, 2.45) is 5.92 Å². The van der Waals surface area contributed by atoms with Crippen molar-refractivity contribution in [3.05, 3.63) is 35.9 Å². The molecule has 3 N–H and O–H groups in total. The zero-order chi connectivity index (χ0) is 15.0. The average Bonchev–Trinajstić information content (AvgIpc) is 2.41. The van der Waals surface area contributed by atoms with Crippen molar-refractivity contribution in [2.45, 2.75) is 26.5 Å². The first kappa shape index (κ1) is 15.8. The fraction of sp³-hybridized carbons (Fsp3) is 0.429. The van der Waals surface area contributed by atoms with Crippen LogP contribution in [0.2, 0.25) is 0 Å². The number of benzene rings is 1. The molecule has 6 nitrogen and oxygen atoms in total. The molecule has 1 aromatic rings. The van der Waals surface area contributed by atoms with Crippen LogP contribution in [0.15, 0.2) is 30.3 Å². The lowest BCUT2D eigenvalue weighted by Gasteiger charge is -2.21. The number of nitrogens with one attached hydrogen (secondary N) is 2. The molecule has 20 heavy (non-hydrogen) atoms. The topological polar surface area (TPSA) is 87.7 Å². The van der Waals surface area contributed by atoms with Gasteiger partial charge in [-0.15, -0.1) is 0 Å². The van der Waals surface area contributed by atoms with Gasteiger partial charge in [0.05, 0.1) is 6.04 Å². The SMILES string of the molecule is CC(C)C(CNC(=O)O)NC(=O)OCc1ccccc1. The fourth-order valence-electron chi connectivity index (χ4n) is 1.57. The number of rotatable bonds is 6. The molecular weight excluding hydrogens is 260 g/mol. The highest BCUT2D eigenvalue weighted by Gasteiger charge is 2.17. The van der Waals surface area contributed by atoms with Gasteiger partial charge in [0.1, 0.15) is 6.61 Å². The molecule has 0 bridgehead atoms. The van der Waals surface area contributed by atoms with Crippen LogP contribution in [0, 0.1) is 5.92 Å². The molecule has 0 aromatic heterocycles. The second kappa shape index (κ2) is 8.04. The fourth-order valence-corrected chi connectivity index (χ4v) is 1.57. The van der Waals surface area contributed by atoms with Crippen LogP contribution in [0.5, 0.6) is 0 Å². The van der Waals surface area contributed by atoms with Crippen molar-refractivity contribution >= 4 is 12.2 Å². The predicted octanol–water partition coefficient (Wildman–Crippen LogP) is 2.21. The molecule has 0 spiro atoms. The van der Waals surface area contributed by atoms with Crippen LogP contribution in [-0.4, -0.2) is 29.9 Å². The van der Waals surface area contributed by atoms with E-state index in [0.29, 0.717) is 0 Å². The van der Waals surface area contributed by atoms with E-state index >= 15 is 0 Å². The first-order valence-corrected chi connectivity index (χ1v) is 6.43. The Labute approximate surface area is 118 Å². The van der Waals surface area contributed by atoms with E-state index in [1.54, 1.807) is 0 Å². The number of amides is 2. The predicted molar refractivity (Wildman–Crippen MR) is 74.4 cm³/mol. The van der Waals surface area contributed by atoms with E-state index in [1.807, 2.05) is 44.2 Å². The number of hydrogen-bond acceptors (Lipinski definition) is 3. The molecule has 0 aliphatic rings. The summed E-state index contributed by atoms with van der Waals surface area (Å²) in [6.07, 6.45) is -1.67. The van der Waals surface area contributed by atoms with Crippen LogP contribution >= 0.6 is 0 Å². The summed E-state index contributed by atoms with van der Waals surface area (Å²) in [6.45, 7) is 4.12. The number of ether oxygens (including phenoxy) is 1. The van der Waals surface area contributed by atoms with Gasteiger partial charge in [-0.25, -0.2) is 9.59 Å². The lowest BCUT2D eigenvalue weighted by molar-refractivity contribution is 0.132. The first-order valence-electron chi connectivity index (χ1n) is 6.43. The molecule has 1 aromatic carbocycles. The minimum atomic E-state index is -1.12. The lowest BCUT2D eigenvalue weighted by Crippen LogP contribution is -2.46. The third kappa shape index (κ3) is 6.08. The van der Waals surface area contributed by atoms with Crippen LogP contribution in [0.25, 0.3) is 0 Å². The average molecular weight is 280 g/mol. The number of alkyl carbamates (subject to hydrolysis) is 1. The molecule has 6 heteroatoms. The minimum Gasteiger partial charge on any atom is -0.465 e. The van der Waals surface area contributed by atoms with Gasteiger partial charge in [-0.05, 0) is 11.5 Å². The molecule has 1 atom stereocenters. The van der Waals surface area contributed by atoms with E-state index in [2.05, 4.69) is 10.6 Å². The maximum Gasteiger partial charge on any atom is 0.407 e. The standard InChI is InChI=1S/C14H20N2O4/c1-10(2)12(8-15-13(17)18)16-14(19)20-9-11-6-4-3-5-7-11/h3-7,10,12,15H,8-9H2,1-2H3,(H,16,19)(H,17,18). The largest absolute Gasteiger partial charge is 0.465 e. The van der Waals surface area contributed by atoms with Gasteiger partial charge in [-0.3, -0.25) is 0 Å². The first-order chi connectivity index (χ1) is 9.49. The smallest absolute Gasteiger partial charge is 0.407 e. The molecule has 0 saturated carbocycles. The van der Waals surface area contributed by atoms with Crippen molar-refractivity contribution in [1.82, 2.24) is 10.6 Å². The van der Waals surface area contributed by atoms with Crippen LogP contribution in [0.3, 0.4) is 0 Å². The lowest BCUT2D eigenvalue weighted by atomic mass is 10.1. The number of carboxylic acid groups (broad SMARTS) is 1. The Morgan fingerprint density at radius 2 is 1.90 bits per heavy atom. The third-order valence-corrected chi connectivity index (χ3v) is 2.79. The van der Waals surface area contributed by atoms with Gasteiger partial charge in [-0.2, -0.15) is 0 Å². The van der Waals surface area contributed by atoms with Crippen molar-refractivity contribution < 1.29 is 19.4 Å². The Balaban J connectivity index is 2.39. The molecule has 0 aliphatic heterocycles. The summed E-state index contributed by atoms with van der Waals surface area (Å²) in [4.78, 5) is 22.1. The highest BCUT2D eigenvalue weighted by Crippen LogP contribution is 2.03. The summed E-state index contributed by atoms with van der Waals surface area (Å²) in [7, 11) is 0. The number of hydrogen-bond donors (Lipinski definition) is 3. The number of carbonyl (C=O) groups is 2. The Kier molecular flexibility index (Phi) is 6.36. The summed E-state index contributed by atoms with van der Waals surface area (Å²) < 4.78 is 5.09. The number of carbonyl (C=O) groups excluding carboxylic acids is 1. The molecule has 0 fully saturated rings. The van der Waals surface area contributed by atoms with Crippen LogP contribution < -0.4 is 10.6 Å². The molecular formula is C14H20N2O4. The van der Waals surface area contributed by atoms with Gasteiger partial charge in [-0.1, -0.05) is 44.2 Å². The molecule has 0 aliphatic carbocycles. The van der Waals surface area contributed by atoms with E-state index in [0.717, 1.165) is 5.56 Å². The Hall–Kier alpha value is -2.24. The van der Waals surface area contributed by atoms with E-state index in [1.165, 1.54) is 0 Å². The zero-order valence-electron chi connectivity index (χ0n) is 11.6. The molecule has 1 unspecified atom stereocenters. The van der Waals surface area contributed by atoms with Crippen LogP contribution in [0.1, 0.15) is 19.4 Å². The zero-order valence-corrected chi connectivity index (χ0v) is 11.6. The maximum absolute atomic E-state index is 11.7. The van der Waals surface area contributed by atoms with Crippen molar-refractivity contribution in [2.75, 3.05) is 6.54 Å². The van der Waals surface area contributed by atoms with Gasteiger partial charge in [0.25, 0.3) is 0 Å². The maximum atomic E-state index is 11.7. The summed E-state index contributed by atoms with van der Waals surface area (Å²) in [5, 5.41) is 13.5. The summed E-state index contributed by atoms with van der Waals surface area (Å²) in [5.41, 5.74) is 0.896. The van der Waals surface area contributed by atoms with Gasteiger partial charge in [0, 0.05) is 6.54 Å². The normalized spacial score (nSPS) is 11.8. The second-order valence-electron chi connectivity index (χ2n) is 4.74. The highest BCUT2D eigenvalue weighted by molar-refractivity contribution is 5.68. The minimum absolute atomic E-state index is 0.0890. The van der Waals surface area contributed by atoms with E-state index < -0.39 is 12.2 Å². The Morgan fingerprint density at radius 1 is 1.25 bits per heavy atom. The Bertz CT molecular complexity index is 434. The van der Waals surface area contributed by atoms with E-state index in [-0.39, 0.29) is 25.1 Å². The van der Waals surface area contributed by atoms with E-state index in [9.17, 15) is 9.59 Å². The second-order valence-corrected chi connectivity index (χ2v) is 4.74. The third-order valence-electron chi connectivity index (χ3n) is 2.79. The van der Waals surface area contributed by atoms with Gasteiger partial charge < -0.3 is 20.5 Å². The summed E-state index contributed by atoms with van der Waals surface area (Å²) in [6, 6.07) is 9.03. The molecule has 1 rings (SSSR count). The van der Waals surface area contributed by atoms with Gasteiger partial charge >= 0.3 is 12.2 Å². The molecule has 110 valence electrons. The van der Waals surface area contributed by atoms with Gasteiger partial charge in [0.2, 0.25) is 0 Å². The Morgan fingerprint density at radius 3 is 2.45 bits per heavy atom. The quantitative estimate of drug-likeness (QED) is 0.745. The molecule has 0 saturated heterocycles. The van der Waals surface area contributed by atoms with Crippen molar-refractivity contribution in [3.63, 3.8) is 0 Å². The van der Waals surface area contributed by atoms with E-state index in [4.69, 9.17) is 9.84 Å². The monoisotopic (exact) mass is 280 g/mol. The van der Waals surface area contributed by atoms with Crippen LogP contribution in [-0.2, 0) is 11.3 Å². The van der Waals surface area contributed by atoms with Crippen molar-refractivity contribution in [3.8, 4) is 0 Å². The summed E-state index contributed by atoms with van der Waals surface area (Å²) in [5.74, 6) is 0.0890. The molecule has 2 amide bonds. The van der Waals surface area contributed by atoms with Crippen LogP contribution in [0.4, 0.5) is 9.59 Å².